The van der Waals surface area contributed by atoms with E-state index in [-0.39, 0.29) is 0 Å². The highest BCUT2D eigenvalue weighted by atomic mass is 15.2. The third-order valence-corrected chi connectivity index (χ3v) is 3.76. The highest BCUT2D eigenvalue weighted by Crippen LogP contribution is 2.24. The average molecular weight is 271 g/mol. The van der Waals surface area contributed by atoms with Gasteiger partial charge in [0.05, 0.1) is 5.69 Å². The number of benzene rings is 1. The zero-order valence-electron chi connectivity index (χ0n) is 12.8. The summed E-state index contributed by atoms with van der Waals surface area (Å²) < 4.78 is 0. The van der Waals surface area contributed by atoms with E-state index in [1.54, 1.807) is 0 Å². The summed E-state index contributed by atoms with van der Waals surface area (Å²) >= 11 is 0. The molecular weight excluding hydrogens is 246 g/mol. The molecule has 1 unspecified atom stereocenters. The molecule has 0 aliphatic rings. The number of aromatic nitrogens is 2. The number of hydrogen-bond donors (Lipinski definition) is 1. The lowest BCUT2D eigenvalue weighted by Gasteiger charge is -2.19. The second kappa shape index (κ2) is 7.22. The second-order valence-corrected chi connectivity index (χ2v) is 5.45. The average Bonchev–Trinajstić information content (AvgIpc) is 2.48. The van der Waals surface area contributed by atoms with Gasteiger partial charge in [-0.1, -0.05) is 57.4 Å². The van der Waals surface area contributed by atoms with Gasteiger partial charge in [0, 0.05) is 16.8 Å². The lowest BCUT2D eigenvalue weighted by atomic mass is 10.0. The molecule has 0 saturated heterocycles. The number of anilines is 1. The number of fused-ring (bicyclic) bond motifs is 1. The molecule has 1 N–H and O–H groups in total. The molecule has 1 atom stereocenters. The van der Waals surface area contributed by atoms with Crippen LogP contribution in [0.5, 0.6) is 0 Å². The number of rotatable bonds is 7. The molecule has 0 aliphatic heterocycles. The van der Waals surface area contributed by atoms with E-state index in [1.807, 2.05) is 6.92 Å². The Morgan fingerprint density at radius 3 is 2.45 bits per heavy atom. The van der Waals surface area contributed by atoms with Crippen molar-refractivity contribution >= 4 is 16.6 Å². The summed E-state index contributed by atoms with van der Waals surface area (Å²) in [6, 6.07) is 8.87. The molecule has 1 aromatic heterocycles. The molecule has 3 heteroatoms. The van der Waals surface area contributed by atoms with Crippen LogP contribution in [0.1, 0.15) is 51.6 Å². The molecule has 20 heavy (non-hydrogen) atoms. The first-order valence-corrected chi connectivity index (χ1v) is 7.74. The van der Waals surface area contributed by atoms with Crippen molar-refractivity contribution in [1.29, 1.82) is 0 Å². The van der Waals surface area contributed by atoms with Gasteiger partial charge in [-0.3, -0.25) is 0 Å². The second-order valence-electron chi connectivity index (χ2n) is 5.45. The maximum Gasteiger partial charge on any atom is 0.156 e. The molecule has 108 valence electrons. The van der Waals surface area contributed by atoms with Crippen LogP contribution in [0.2, 0.25) is 0 Å². The molecule has 2 rings (SSSR count). The van der Waals surface area contributed by atoms with Crippen molar-refractivity contribution in [2.24, 2.45) is 0 Å². The summed E-state index contributed by atoms with van der Waals surface area (Å²) in [6.07, 6.45) is 6.08. The first-order chi connectivity index (χ1) is 9.76. The van der Waals surface area contributed by atoms with Crippen LogP contribution in [0.3, 0.4) is 0 Å². The quantitative estimate of drug-likeness (QED) is 0.792. The Bertz CT molecular complexity index is 551. The maximum absolute atomic E-state index is 4.38. The lowest BCUT2D eigenvalue weighted by Crippen LogP contribution is -2.20. The van der Waals surface area contributed by atoms with E-state index in [0.29, 0.717) is 6.04 Å². The van der Waals surface area contributed by atoms with Gasteiger partial charge in [-0.2, -0.15) is 5.10 Å². The number of hydrogen-bond acceptors (Lipinski definition) is 3. The molecular formula is C17H25N3. The van der Waals surface area contributed by atoms with Gasteiger partial charge in [0.1, 0.15) is 0 Å². The number of aryl methyl sites for hydroxylation is 1. The molecule has 1 aromatic carbocycles. The van der Waals surface area contributed by atoms with E-state index in [9.17, 15) is 0 Å². The molecule has 2 aromatic rings. The molecule has 1 heterocycles. The van der Waals surface area contributed by atoms with Crippen LogP contribution in [0.25, 0.3) is 10.8 Å². The summed E-state index contributed by atoms with van der Waals surface area (Å²) in [5.41, 5.74) is 0.992. The van der Waals surface area contributed by atoms with Gasteiger partial charge in [-0.15, -0.1) is 5.10 Å². The Balaban J connectivity index is 2.25. The van der Waals surface area contributed by atoms with E-state index in [2.05, 4.69) is 53.6 Å². The fourth-order valence-corrected chi connectivity index (χ4v) is 2.63. The van der Waals surface area contributed by atoms with Crippen molar-refractivity contribution in [2.75, 3.05) is 5.32 Å². The lowest BCUT2D eigenvalue weighted by molar-refractivity contribution is 0.562. The first kappa shape index (κ1) is 14.8. The summed E-state index contributed by atoms with van der Waals surface area (Å²) in [5, 5.41) is 14.6. The van der Waals surface area contributed by atoms with Crippen LogP contribution in [0, 0.1) is 6.92 Å². The van der Waals surface area contributed by atoms with Gasteiger partial charge in [-0.05, 0) is 19.8 Å². The highest BCUT2D eigenvalue weighted by Gasteiger charge is 2.11. The number of nitrogens with zero attached hydrogens (tertiary/aromatic N) is 2. The van der Waals surface area contributed by atoms with Crippen LogP contribution in [-0.2, 0) is 0 Å². The molecule has 0 fully saturated rings. The van der Waals surface area contributed by atoms with Crippen LogP contribution >= 0.6 is 0 Å². The molecule has 3 nitrogen and oxygen atoms in total. The van der Waals surface area contributed by atoms with Gasteiger partial charge in [0.25, 0.3) is 0 Å². The van der Waals surface area contributed by atoms with Gasteiger partial charge in [0.2, 0.25) is 0 Å². The van der Waals surface area contributed by atoms with Crippen LogP contribution in [-0.4, -0.2) is 16.2 Å². The predicted molar refractivity (Wildman–Crippen MR) is 86.1 cm³/mol. The molecule has 0 bridgehead atoms. The Hall–Kier alpha value is -1.64. The Labute approximate surface area is 121 Å². The van der Waals surface area contributed by atoms with E-state index >= 15 is 0 Å². The van der Waals surface area contributed by atoms with Crippen molar-refractivity contribution in [3.63, 3.8) is 0 Å². The summed E-state index contributed by atoms with van der Waals surface area (Å²) in [7, 11) is 0. The van der Waals surface area contributed by atoms with E-state index in [0.717, 1.165) is 11.5 Å². The monoisotopic (exact) mass is 271 g/mol. The minimum atomic E-state index is 0.500. The maximum atomic E-state index is 4.38. The normalized spacial score (nSPS) is 12.6. The van der Waals surface area contributed by atoms with E-state index in [1.165, 1.54) is 42.9 Å². The van der Waals surface area contributed by atoms with Crippen molar-refractivity contribution in [3.05, 3.63) is 30.0 Å². The van der Waals surface area contributed by atoms with Crippen molar-refractivity contribution in [3.8, 4) is 0 Å². The van der Waals surface area contributed by atoms with Crippen LogP contribution in [0.4, 0.5) is 5.82 Å². The topological polar surface area (TPSA) is 37.8 Å². The first-order valence-electron chi connectivity index (χ1n) is 7.74. The highest BCUT2D eigenvalue weighted by molar-refractivity contribution is 5.92. The number of unbranched alkanes of at least 4 members (excludes halogenated alkanes) is 1. The van der Waals surface area contributed by atoms with Crippen LogP contribution in [0.15, 0.2) is 24.3 Å². The van der Waals surface area contributed by atoms with Gasteiger partial charge in [-0.25, -0.2) is 0 Å². The third kappa shape index (κ3) is 3.47. The Kier molecular flexibility index (Phi) is 5.33. The summed E-state index contributed by atoms with van der Waals surface area (Å²) in [5.74, 6) is 0.931. The summed E-state index contributed by atoms with van der Waals surface area (Å²) in [6.45, 7) is 6.49. The van der Waals surface area contributed by atoms with Gasteiger partial charge in [0.15, 0.2) is 5.82 Å². The standard InChI is InChI=1S/C17H25N3/c1-4-6-10-14(9-5-2)18-17-16-12-8-7-11-15(16)13(3)19-20-17/h7-8,11-12,14H,4-6,9-10H2,1-3H3,(H,18,20). The predicted octanol–water partition coefficient (Wildman–Crippen LogP) is 4.71. The molecule has 0 radical (unpaired) electrons. The van der Waals surface area contributed by atoms with Crippen LogP contribution < -0.4 is 5.32 Å². The SMILES string of the molecule is CCCCC(CCC)Nc1nnc(C)c2ccccc12. The minimum Gasteiger partial charge on any atom is -0.365 e. The molecule has 0 amide bonds. The molecule has 0 aliphatic carbocycles. The van der Waals surface area contributed by atoms with E-state index in [4.69, 9.17) is 0 Å². The molecule has 0 spiro atoms. The van der Waals surface area contributed by atoms with Gasteiger partial charge >= 0.3 is 0 Å². The van der Waals surface area contributed by atoms with Crippen molar-refractivity contribution < 1.29 is 0 Å². The Morgan fingerprint density at radius 2 is 1.75 bits per heavy atom. The van der Waals surface area contributed by atoms with Gasteiger partial charge < -0.3 is 5.32 Å². The molecule has 0 saturated carbocycles. The Morgan fingerprint density at radius 1 is 1.00 bits per heavy atom. The zero-order valence-corrected chi connectivity index (χ0v) is 12.8. The minimum absolute atomic E-state index is 0.500. The fourth-order valence-electron chi connectivity index (χ4n) is 2.63. The van der Waals surface area contributed by atoms with E-state index < -0.39 is 0 Å². The number of nitrogens with one attached hydrogen (secondary N) is 1. The largest absolute Gasteiger partial charge is 0.365 e. The van der Waals surface area contributed by atoms with Crippen molar-refractivity contribution in [1.82, 2.24) is 10.2 Å². The zero-order chi connectivity index (χ0) is 14.4. The van der Waals surface area contributed by atoms with Crippen molar-refractivity contribution in [2.45, 2.75) is 58.9 Å². The fraction of sp³-hybridized carbons (Fsp3) is 0.529. The third-order valence-electron chi connectivity index (χ3n) is 3.76. The smallest absolute Gasteiger partial charge is 0.156 e. The summed E-state index contributed by atoms with van der Waals surface area (Å²) in [4.78, 5) is 0.